The van der Waals surface area contributed by atoms with Crippen LogP contribution in [0.15, 0.2) is 18.2 Å². The molecule has 0 spiro atoms. The number of rotatable bonds is 7. The molecule has 0 saturated carbocycles. The Kier molecular flexibility index (Phi) is 5.76. The fourth-order valence-electron chi connectivity index (χ4n) is 2.33. The first kappa shape index (κ1) is 17.6. The van der Waals surface area contributed by atoms with Gasteiger partial charge in [0.15, 0.2) is 0 Å². The molecule has 1 aliphatic heterocycles. The van der Waals surface area contributed by atoms with Crippen LogP contribution in [0.5, 0.6) is 0 Å². The monoisotopic (exact) mass is 344 g/mol. The molecule has 0 aliphatic carbocycles. The quantitative estimate of drug-likeness (QED) is 0.524. The van der Waals surface area contributed by atoms with E-state index >= 15 is 0 Å². The molecule has 3 nitrogen and oxygen atoms in total. The topological polar surface area (TPSA) is 38.8 Å². The van der Waals surface area contributed by atoms with Crippen LogP contribution in [-0.4, -0.2) is 25.3 Å². The molecule has 122 valence electrons. The zero-order valence-electron chi connectivity index (χ0n) is 13.2. The summed E-state index contributed by atoms with van der Waals surface area (Å²) in [6, 6.07) is 5.52. The first-order valence-electron chi connectivity index (χ1n) is 7.54. The predicted molar refractivity (Wildman–Crippen MR) is 88.6 cm³/mol. The zero-order valence-corrected chi connectivity index (χ0v) is 14.7. The van der Waals surface area contributed by atoms with E-state index in [9.17, 15) is 4.79 Å². The third-order valence-corrected chi connectivity index (χ3v) is 4.71. The van der Waals surface area contributed by atoms with Gasteiger partial charge in [-0.15, -0.1) is 0 Å². The lowest BCUT2D eigenvalue weighted by Gasteiger charge is -2.24. The largest absolute Gasteiger partial charge is 0.462 e. The first-order chi connectivity index (χ1) is 10.3. The van der Waals surface area contributed by atoms with E-state index in [4.69, 9.17) is 32.7 Å². The van der Waals surface area contributed by atoms with E-state index in [0.717, 1.165) is 12.0 Å². The molecule has 5 heteroatoms. The molecule has 0 radical (unpaired) electrons. The third-order valence-electron chi connectivity index (χ3n) is 4.05. The minimum atomic E-state index is -0.531. The number of epoxide rings is 1. The molecular weight excluding hydrogens is 323 g/mol. The Balaban J connectivity index is 1.90. The van der Waals surface area contributed by atoms with Crippen molar-refractivity contribution in [1.29, 1.82) is 0 Å². The van der Waals surface area contributed by atoms with Crippen molar-refractivity contribution in [3.8, 4) is 0 Å². The van der Waals surface area contributed by atoms with E-state index in [1.54, 1.807) is 0 Å². The van der Waals surface area contributed by atoms with Crippen molar-refractivity contribution in [2.75, 3.05) is 13.2 Å². The Morgan fingerprint density at radius 3 is 2.55 bits per heavy atom. The summed E-state index contributed by atoms with van der Waals surface area (Å²) in [5.74, 6) is 0.000459. The lowest BCUT2D eigenvalue weighted by molar-refractivity contribution is -0.154. The van der Waals surface area contributed by atoms with E-state index in [1.807, 2.05) is 32.0 Å². The van der Waals surface area contributed by atoms with Gasteiger partial charge in [0.05, 0.1) is 12.0 Å². The Morgan fingerprint density at radius 1 is 1.41 bits per heavy atom. The highest BCUT2D eigenvalue weighted by molar-refractivity contribution is 6.36. The number of ether oxygens (including phenoxy) is 2. The molecule has 1 fully saturated rings. The fourth-order valence-corrected chi connectivity index (χ4v) is 3.10. The maximum atomic E-state index is 12.2. The van der Waals surface area contributed by atoms with Gasteiger partial charge in [0.25, 0.3) is 0 Å². The van der Waals surface area contributed by atoms with Crippen molar-refractivity contribution in [1.82, 2.24) is 0 Å². The number of halogens is 2. The van der Waals surface area contributed by atoms with E-state index in [0.29, 0.717) is 29.7 Å². The number of esters is 1. The number of carbonyl (C=O) groups is 1. The fraction of sp³-hybridized carbons (Fsp3) is 0.588. The standard InChI is InChI=1S/C17H22Cl2O3/c1-11(15-13(18)5-4-6-14(15)19)7-8-17(2,3)16(20)22-10-12-9-21-12/h4-6,11-12H,7-10H2,1-3H3. The van der Waals surface area contributed by atoms with Gasteiger partial charge in [0.2, 0.25) is 0 Å². The van der Waals surface area contributed by atoms with Crippen molar-refractivity contribution in [3.05, 3.63) is 33.8 Å². The summed E-state index contributed by atoms with van der Waals surface area (Å²) >= 11 is 12.5. The molecule has 1 saturated heterocycles. The minimum absolute atomic E-state index is 0.0978. The molecule has 0 aromatic heterocycles. The van der Waals surface area contributed by atoms with Crippen molar-refractivity contribution in [3.63, 3.8) is 0 Å². The highest BCUT2D eigenvalue weighted by atomic mass is 35.5. The lowest BCUT2D eigenvalue weighted by atomic mass is 9.83. The second-order valence-electron chi connectivity index (χ2n) is 6.51. The highest BCUT2D eigenvalue weighted by Crippen LogP contribution is 2.36. The molecule has 1 heterocycles. The molecular formula is C17H22Cl2O3. The van der Waals surface area contributed by atoms with Crippen LogP contribution in [0, 0.1) is 5.41 Å². The van der Waals surface area contributed by atoms with E-state index in [1.165, 1.54) is 0 Å². The van der Waals surface area contributed by atoms with Crippen molar-refractivity contribution >= 4 is 29.2 Å². The lowest BCUT2D eigenvalue weighted by Crippen LogP contribution is -2.28. The minimum Gasteiger partial charge on any atom is -0.462 e. The maximum absolute atomic E-state index is 12.2. The number of hydrogen-bond donors (Lipinski definition) is 0. The summed E-state index contributed by atoms with van der Waals surface area (Å²) in [4.78, 5) is 12.2. The molecule has 22 heavy (non-hydrogen) atoms. The average Bonchev–Trinajstić information content (AvgIpc) is 3.26. The van der Waals surface area contributed by atoms with E-state index < -0.39 is 5.41 Å². The zero-order chi connectivity index (χ0) is 16.3. The Morgan fingerprint density at radius 2 is 2.00 bits per heavy atom. The van der Waals surface area contributed by atoms with Crippen LogP contribution in [0.25, 0.3) is 0 Å². The molecule has 1 aromatic carbocycles. The van der Waals surface area contributed by atoms with Crippen molar-refractivity contribution < 1.29 is 14.3 Å². The van der Waals surface area contributed by atoms with Gasteiger partial charge in [-0.25, -0.2) is 0 Å². The maximum Gasteiger partial charge on any atom is 0.311 e. The normalized spacial score (nSPS) is 18.9. The van der Waals surface area contributed by atoms with Crippen LogP contribution in [0.4, 0.5) is 0 Å². The van der Waals surface area contributed by atoms with Gasteiger partial charge in [-0.3, -0.25) is 4.79 Å². The molecule has 1 aliphatic rings. The molecule has 2 atom stereocenters. The van der Waals surface area contributed by atoms with Crippen LogP contribution < -0.4 is 0 Å². The van der Waals surface area contributed by atoms with Gasteiger partial charge >= 0.3 is 5.97 Å². The second kappa shape index (κ2) is 7.20. The molecule has 0 amide bonds. The third kappa shape index (κ3) is 4.61. The molecule has 0 bridgehead atoms. The molecule has 1 aromatic rings. The first-order valence-corrected chi connectivity index (χ1v) is 8.29. The summed E-state index contributed by atoms with van der Waals surface area (Å²) in [6.45, 7) is 6.94. The van der Waals surface area contributed by atoms with Crippen LogP contribution in [-0.2, 0) is 14.3 Å². The summed E-state index contributed by atoms with van der Waals surface area (Å²) in [5.41, 5.74) is 0.415. The Bertz CT molecular complexity index is 518. The van der Waals surface area contributed by atoms with Gasteiger partial charge in [0.1, 0.15) is 12.7 Å². The van der Waals surface area contributed by atoms with Crippen LogP contribution in [0.2, 0.25) is 10.0 Å². The van der Waals surface area contributed by atoms with Gasteiger partial charge < -0.3 is 9.47 Å². The number of carbonyl (C=O) groups excluding carboxylic acids is 1. The predicted octanol–water partition coefficient (Wildman–Crippen LogP) is 4.85. The Hall–Kier alpha value is -0.770. The number of benzene rings is 1. The van der Waals surface area contributed by atoms with Crippen LogP contribution in [0.1, 0.15) is 45.1 Å². The van der Waals surface area contributed by atoms with Crippen molar-refractivity contribution in [2.24, 2.45) is 5.41 Å². The summed E-state index contributed by atoms with van der Waals surface area (Å²) in [6.07, 6.45) is 1.62. The molecule has 0 N–H and O–H groups in total. The van der Waals surface area contributed by atoms with Crippen molar-refractivity contribution in [2.45, 2.75) is 45.6 Å². The van der Waals surface area contributed by atoms with Gasteiger partial charge in [-0.2, -0.15) is 0 Å². The highest BCUT2D eigenvalue weighted by Gasteiger charge is 2.32. The average molecular weight is 345 g/mol. The SMILES string of the molecule is CC(CCC(C)(C)C(=O)OCC1CO1)c1c(Cl)cccc1Cl. The summed E-state index contributed by atoms with van der Waals surface area (Å²) in [7, 11) is 0. The summed E-state index contributed by atoms with van der Waals surface area (Å²) in [5, 5.41) is 1.34. The number of hydrogen-bond acceptors (Lipinski definition) is 3. The Labute approximate surface area is 141 Å². The smallest absolute Gasteiger partial charge is 0.311 e. The van der Waals surface area contributed by atoms with Crippen LogP contribution >= 0.6 is 23.2 Å². The van der Waals surface area contributed by atoms with Gasteiger partial charge in [-0.05, 0) is 50.3 Å². The van der Waals surface area contributed by atoms with Crippen LogP contribution in [0.3, 0.4) is 0 Å². The second-order valence-corrected chi connectivity index (χ2v) is 7.33. The van der Waals surface area contributed by atoms with Gasteiger partial charge in [-0.1, -0.05) is 36.2 Å². The molecule has 2 rings (SSSR count). The van der Waals surface area contributed by atoms with E-state index in [2.05, 4.69) is 6.92 Å². The van der Waals surface area contributed by atoms with Gasteiger partial charge in [0, 0.05) is 10.0 Å². The molecule has 2 unspecified atom stereocenters. The summed E-state index contributed by atoms with van der Waals surface area (Å²) < 4.78 is 10.3. The van der Waals surface area contributed by atoms with E-state index in [-0.39, 0.29) is 18.0 Å².